The Kier molecular flexibility index (Phi) is 6.73. The first kappa shape index (κ1) is 26.7. The van der Waals surface area contributed by atoms with Crippen molar-refractivity contribution in [2.24, 2.45) is 7.05 Å². The first-order chi connectivity index (χ1) is 22.2. The van der Waals surface area contributed by atoms with Crippen LogP contribution in [-0.2, 0) is 7.05 Å². The molecule has 0 radical (unpaired) electrons. The van der Waals surface area contributed by atoms with Crippen molar-refractivity contribution in [3.8, 4) is 33.4 Å². The molecule has 0 saturated heterocycles. The van der Waals surface area contributed by atoms with E-state index >= 15 is 0 Å². The summed E-state index contributed by atoms with van der Waals surface area (Å²) in [5.74, 6) is 0. The first-order valence-corrected chi connectivity index (χ1v) is 15.4. The highest BCUT2D eigenvalue weighted by Gasteiger charge is 2.17. The Bertz CT molecular complexity index is 2150. The number of aryl methyl sites for hydroxylation is 1. The second kappa shape index (κ2) is 11.3. The molecule has 2 heteroatoms. The van der Waals surface area contributed by atoms with Crippen LogP contribution in [0.5, 0.6) is 0 Å². The molecule has 0 amide bonds. The van der Waals surface area contributed by atoms with Crippen molar-refractivity contribution >= 4 is 38.9 Å². The number of hydrogen-bond donors (Lipinski definition) is 0. The third-order valence-corrected chi connectivity index (χ3v) is 8.82. The van der Waals surface area contributed by atoms with Crippen LogP contribution in [0.4, 0.5) is 17.1 Å². The van der Waals surface area contributed by atoms with Crippen molar-refractivity contribution in [2.75, 3.05) is 4.90 Å². The maximum Gasteiger partial charge on any atom is 0.0509 e. The third-order valence-electron chi connectivity index (χ3n) is 8.82. The average molecular weight is 577 g/mol. The molecular weight excluding hydrogens is 544 g/mol. The number of rotatable bonds is 6. The molecule has 214 valence electrons. The predicted molar refractivity (Wildman–Crippen MR) is 191 cm³/mol. The summed E-state index contributed by atoms with van der Waals surface area (Å²) in [5, 5.41) is 2.53. The molecule has 8 rings (SSSR count). The summed E-state index contributed by atoms with van der Waals surface area (Å²) < 4.78 is 2.32. The number of anilines is 3. The van der Waals surface area contributed by atoms with E-state index < -0.39 is 0 Å². The van der Waals surface area contributed by atoms with Gasteiger partial charge in [-0.05, 0) is 81.9 Å². The van der Waals surface area contributed by atoms with Crippen molar-refractivity contribution in [1.29, 1.82) is 0 Å². The molecule has 8 aromatic rings. The van der Waals surface area contributed by atoms with E-state index in [9.17, 15) is 0 Å². The quantitative estimate of drug-likeness (QED) is 0.191. The second-order valence-electron chi connectivity index (χ2n) is 11.5. The molecule has 1 aromatic heterocycles. The SMILES string of the molecule is Cn1c2ccc(-c3ccccc3)cc2c2ccc(N(c3ccc(-c4ccccc4)cc3)c3ccc(-c4ccccc4)cc3)cc21. The topological polar surface area (TPSA) is 8.17 Å². The molecule has 0 N–H and O–H groups in total. The Labute approximate surface area is 264 Å². The fraction of sp³-hybridized carbons (Fsp3) is 0.0233. The zero-order valence-corrected chi connectivity index (χ0v) is 25.1. The third kappa shape index (κ3) is 4.97. The van der Waals surface area contributed by atoms with Crippen LogP contribution < -0.4 is 4.90 Å². The number of hydrogen-bond acceptors (Lipinski definition) is 1. The van der Waals surface area contributed by atoms with Gasteiger partial charge in [0.2, 0.25) is 0 Å². The van der Waals surface area contributed by atoms with Gasteiger partial charge in [0.15, 0.2) is 0 Å². The van der Waals surface area contributed by atoms with Crippen LogP contribution in [0.3, 0.4) is 0 Å². The molecule has 0 spiro atoms. The highest BCUT2D eigenvalue weighted by Crippen LogP contribution is 2.40. The minimum Gasteiger partial charge on any atom is -0.344 e. The van der Waals surface area contributed by atoms with Crippen molar-refractivity contribution in [3.05, 3.63) is 176 Å². The molecule has 0 aliphatic rings. The summed E-state index contributed by atoms with van der Waals surface area (Å²) in [5.41, 5.74) is 13.1. The van der Waals surface area contributed by atoms with Crippen LogP contribution >= 0.6 is 0 Å². The van der Waals surface area contributed by atoms with Crippen LogP contribution in [0.25, 0.3) is 55.2 Å². The lowest BCUT2D eigenvalue weighted by Crippen LogP contribution is -2.10. The molecule has 1 heterocycles. The van der Waals surface area contributed by atoms with E-state index in [2.05, 4.69) is 192 Å². The van der Waals surface area contributed by atoms with Crippen molar-refractivity contribution in [2.45, 2.75) is 0 Å². The van der Waals surface area contributed by atoms with Gasteiger partial charge in [0.25, 0.3) is 0 Å². The molecule has 0 aliphatic carbocycles. The van der Waals surface area contributed by atoms with Gasteiger partial charge in [-0.25, -0.2) is 0 Å². The molecule has 0 fully saturated rings. The maximum atomic E-state index is 2.36. The lowest BCUT2D eigenvalue weighted by molar-refractivity contribution is 1.01. The van der Waals surface area contributed by atoms with E-state index in [4.69, 9.17) is 0 Å². The van der Waals surface area contributed by atoms with Gasteiger partial charge in [0, 0.05) is 40.4 Å². The summed E-state index contributed by atoms with van der Waals surface area (Å²) in [4.78, 5) is 2.36. The summed E-state index contributed by atoms with van der Waals surface area (Å²) in [6.45, 7) is 0. The second-order valence-corrected chi connectivity index (χ2v) is 11.5. The van der Waals surface area contributed by atoms with Gasteiger partial charge in [-0.3, -0.25) is 0 Å². The van der Waals surface area contributed by atoms with E-state index in [0.717, 1.165) is 17.1 Å². The van der Waals surface area contributed by atoms with Gasteiger partial charge in [-0.1, -0.05) is 127 Å². The van der Waals surface area contributed by atoms with Gasteiger partial charge in [0.05, 0.1) is 5.52 Å². The largest absolute Gasteiger partial charge is 0.344 e. The van der Waals surface area contributed by atoms with E-state index in [-0.39, 0.29) is 0 Å². The highest BCUT2D eigenvalue weighted by molar-refractivity contribution is 6.10. The Balaban J connectivity index is 1.25. The fourth-order valence-corrected chi connectivity index (χ4v) is 6.46. The Morgan fingerprint density at radius 2 is 0.756 bits per heavy atom. The van der Waals surface area contributed by atoms with Crippen molar-refractivity contribution in [1.82, 2.24) is 4.57 Å². The van der Waals surface area contributed by atoms with Crippen molar-refractivity contribution < 1.29 is 0 Å². The molecule has 0 bridgehead atoms. The van der Waals surface area contributed by atoms with E-state index in [1.165, 1.54) is 55.2 Å². The van der Waals surface area contributed by atoms with Gasteiger partial charge in [0.1, 0.15) is 0 Å². The summed E-state index contributed by atoms with van der Waals surface area (Å²) in [7, 11) is 2.17. The maximum absolute atomic E-state index is 2.36. The summed E-state index contributed by atoms with van der Waals surface area (Å²) in [6.07, 6.45) is 0. The zero-order valence-electron chi connectivity index (χ0n) is 25.1. The van der Waals surface area contributed by atoms with Gasteiger partial charge >= 0.3 is 0 Å². The Hall–Kier alpha value is -5.86. The van der Waals surface area contributed by atoms with E-state index in [1.807, 2.05) is 0 Å². The molecule has 2 nitrogen and oxygen atoms in total. The number of aromatic nitrogens is 1. The Morgan fingerprint density at radius 1 is 0.333 bits per heavy atom. The lowest BCUT2D eigenvalue weighted by Gasteiger charge is -2.26. The zero-order chi connectivity index (χ0) is 30.2. The molecule has 7 aromatic carbocycles. The lowest BCUT2D eigenvalue weighted by atomic mass is 10.0. The average Bonchev–Trinajstić information content (AvgIpc) is 3.40. The normalized spacial score (nSPS) is 11.2. The van der Waals surface area contributed by atoms with Crippen LogP contribution in [0.2, 0.25) is 0 Å². The molecule has 0 unspecified atom stereocenters. The van der Waals surface area contributed by atoms with Crippen LogP contribution in [-0.4, -0.2) is 4.57 Å². The van der Waals surface area contributed by atoms with Gasteiger partial charge in [-0.15, -0.1) is 0 Å². The monoisotopic (exact) mass is 576 g/mol. The van der Waals surface area contributed by atoms with Gasteiger partial charge in [-0.2, -0.15) is 0 Å². The number of benzene rings is 7. The minimum atomic E-state index is 1.12. The van der Waals surface area contributed by atoms with Gasteiger partial charge < -0.3 is 9.47 Å². The molecule has 0 aliphatic heterocycles. The molecule has 45 heavy (non-hydrogen) atoms. The van der Waals surface area contributed by atoms with Crippen molar-refractivity contribution in [3.63, 3.8) is 0 Å². The predicted octanol–water partition coefficient (Wildman–Crippen LogP) is 11.8. The molecular formula is C43H32N2. The summed E-state index contributed by atoms with van der Waals surface area (Å²) >= 11 is 0. The van der Waals surface area contributed by atoms with Crippen LogP contribution in [0.15, 0.2) is 176 Å². The highest BCUT2D eigenvalue weighted by atomic mass is 15.1. The van der Waals surface area contributed by atoms with Crippen LogP contribution in [0, 0.1) is 0 Å². The van der Waals surface area contributed by atoms with E-state index in [0.29, 0.717) is 0 Å². The Morgan fingerprint density at radius 3 is 1.27 bits per heavy atom. The standard InChI is InChI=1S/C43H32N2/c1-44-42-28-21-36(33-15-9-4-10-16-33)29-41(42)40-27-26-39(30-43(40)44)45(37-22-17-34(18-23-37)31-11-5-2-6-12-31)38-24-19-35(20-25-38)32-13-7-3-8-14-32/h2-30H,1H3. The first-order valence-electron chi connectivity index (χ1n) is 15.4. The fourth-order valence-electron chi connectivity index (χ4n) is 6.46. The molecule has 0 atom stereocenters. The van der Waals surface area contributed by atoms with E-state index in [1.54, 1.807) is 0 Å². The number of fused-ring (bicyclic) bond motifs is 3. The smallest absolute Gasteiger partial charge is 0.0509 e. The molecule has 0 saturated carbocycles. The van der Waals surface area contributed by atoms with Crippen LogP contribution in [0.1, 0.15) is 0 Å². The summed E-state index contributed by atoms with van der Waals surface area (Å²) in [6, 6.07) is 63.2. The number of nitrogens with zero attached hydrogens (tertiary/aromatic N) is 2. The minimum absolute atomic E-state index is 1.12.